The van der Waals surface area contributed by atoms with Gasteiger partial charge in [0.25, 0.3) is 5.91 Å². The van der Waals surface area contributed by atoms with Crippen LogP contribution in [-0.4, -0.2) is 23.6 Å². The van der Waals surface area contributed by atoms with Gasteiger partial charge in [-0.25, -0.2) is 0 Å². The number of benzene rings is 2. The molecule has 0 bridgehead atoms. The summed E-state index contributed by atoms with van der Waals surface area (Å²) in [6, 6.07) is 19.9. The average molecular weight is 373 g/mol. The van der Waals surface area contributed by atoms with Crippen molar-refractivity contribution in [2.45, 2.75) is 25.8 Å². The Balaban J connectivity index is 1.53. The lowest BCUT2D eigenvalue weighted by Crippen LogP contribution is -2.27. The van der Waals surface area contributed by atoms with Crippen molar-refractivity contribution in [3.63, 3.8) is 0 Å². The van der Waals surface area contributed by atoms with E-state index in [9.17, 15) is 9.59 Å². The number of nitrogens with zero attached hydrogens (tertiary/aromatic N) is 1. The van der Waals surface area contributed by atoms with Gasteiger partial charge in [0, 0.05) is 24.1 Å². The molecule has 2 atom stereocenters. The van der Waals surface area contributed by atoms with Crippen molar-refractivity contribution in [2.75, 3.05) is 7.05 Å². The fraction of sp³-hybridized carbons (Fsp3) is 0.250. The Hall–Kier alpha value is -3.14. The molecular formula is C24H23NO3. The van der Waals surface area contributed by atoms with Crippen LogP contribution in [0.25, 0.3) is 0 Å². The van der Waals surface area contributed by atoms with Gasteiger partial charge in [0.1, 0.15) is 11.5 Å². The van der Waals surface area contributed by atoms with Crippen LogP contribution in [0.5, 0.6) is 0 Å². The first-order valence-electron chi connectivity index (χ1n) is 9.57. The molecule has 3 aromatic rings. The molecule has 1 amide bonds. The van der Waals surface area contributed by atoms with Gasteiger partial charge in [-0.05, 0) is 30.5 Å². The molecule has 1 aliphatic carbocycles. The van der Waals surface area contributed by atoms with Crippen molar-refractivity contribution in [3.05, 3.63) is 94.9 Å². The largest absolute Gasteiger partial charge is 0.464 e. The summed E-state index contributed by atoms with van der Waals surface area (Å²) >= 11 is 0. The third-order valence-corrected chi connectivity index (χ3v) is 5.34. The van der Waals surface area contributed by atoms with Gasteiger partial charge < -0.3 is 9.32 Å². The molecule has 1 saturated carbocycles. The highest BCUT2D eigenvalue weighted by atomic mass is 16.3. The predicted octanol–water partition coefficient (Wildman–Crippen LogP) is 4.91. The fourth-order valence-corrected chi connectivity index (χ4v) is 3.52. The highest BCUT2D eigenvalue weighted by molar-refractivity contribution is 6.15. The molecule has 1 fully saturated rings. The summed E-state index contributed by atoms with van der Waals surface area (Å²) in [7, 11) is 1.73. The molecule has 0 radical (unpaired) electrons. The van der Waals surface area contributed by atoms with E-state index in [-0.39, 0.29) is 11.7 Å². The summed E-state index contributed by atoms with van der Waals surface area (Å²) < 4.78 is 5.92. The first kappa shape index (κ1) is 18.2. The Morgan fingerprint density at radius 1 is 0.964 bits per heavy atom. The molecule has 28 heavy (non-hydrogen) atoms. The maximum atomic E-state index is 13.0. The number of carbonyl (C=O) groups excluding carboxylic acids is 2. The van der Waals surface area contributed by atoms with Gasteiger partial charge in [-0.3, -0.25) is 9.59 Å². The minimum absolute atomic E-state index is 0.152. The molecule has 0 aliphatic heterocycles. The lowest BCUT2D eigenvalue weighted by Gasteiger charge is -2.17. The summed E-state index contributed by atoms with van der Waals surface area (Å²) in [6.07, 6.45) is 1.16. The number of hydrogen-bond acceptors (Lipinski definition) is 3. The first-order chi connectivity index (χ1) is 13.5. The van der Waals surface area contributed by atoms with Crippen LogP contribution in [0.3, 0.4) is 0 Å². The maximum Gasteiger partial charge on any atom is 0.254 e. The lowest BCUT2D eigenvalue weighted by molar-refractivity contribution is 0.0770. The van der Waals surface area contributed by atoms with Crippen LogP contribution in [0.15, 0.2) is 71.1 Å². The number of hydrogen-bond donors (Lipinski definition) is 0. The van der Waals surface area contributed by atoms with Gasteiger partial charge >= 0.3 is 0 Å². The third kappa shape index (κ3) is 3.63. The second-order valence-electron chi connectivity index (χ2n) is 7.53. The van der Waals surface area contributed by atoms with E-state index in [1.54, 1.807) is 48.3 Å². The molecule has 4 nitrogen and oxygen atoms in total. The second kappa shape index (κ2) is 7.47. The standard InChI is InChI=1S/C24H23NO3/c1-16-14-21(16)22-13-12-18(28-22)15-25(2)24(27)20-11-7-6-10-19(20)23(26)17-8-4-3-5-9-17/h3-13,16,21H,14-15H2,1-2H3/t16-,21-/m1/s1. The molecule has 1 aliphatic rings. The minimum Gasteiger partial charge on any atom is -0.464 e. The Morgan fingerprint density at radius 2 is 1.61 bits per heavy atom. The molecule has 0 saturated heterocycles. The first-order valence-corrected chi connectivity index (χ1v) is 9.57. The Morgan fingerprint density at radius 3 is 2.29 bits per heavy atom. The lowest BCUT2D eigenvalue weighted by atomic mass is 9.97. The van der Waals surface area contributed by atoms with Crippen LogP contribution in [0.2, 0.25) is 0 Å². The summed E-state index contributed by atoms with van der Waals surface area (Å²) in [6.45, 7) is 2.58. The van der Waals surface area contributed by atoms with Crippen LogP contribution >= 0.6 is 0 Å². The topological polar surface area (TPSA) is 50.5 Å². The van der Waals surface area contributed by atoms with Crippen molar-refractivity contribution in [1.29, 1.82) is 0 Å². The van der Waals surface area contributed by atoms with Crippen molar-refractivity contribution in [1.82, 2.24) is 4.90 Å². The number of rotatable bonds is 6. The van der Waals surface area contributed by atoms with E-state index in [2.05, 4.69) is 6.92 Å². The number of carbonyl (C=O) groups is 2. The highest BCUT2D eigenvalue weighted by Gasteiger charge is 2.36. The molecule has 4 rings (SSSR count). The molecular weight excluding hydrogens is 350 g/mol. The highest BCUT2D eigenvalue weighted by Crippen LogP contribution is 2.47. The van der Waals surface area contributed by atoms with Crippen LogP contribution in [0.1, 0.15) is 57.1 Å². The zero-order valence-electron chi connectivity index (χ0n) is 16.1. The molecule has 142 valence electrons. The van der Waals surface area contributed by atoms with Gasteiger partial charge in [-0.15, -0.1) is 0 Å². The summed E-state index contributed by atoms with van der Waals surface area (Å²) in [5.74, 6) is 2.60. The van der Waals surface area contributed by atoms with Gasteiger partial charge in [0.15, 0.2) is 5.78 Å². The monoisotopic (exact) mass is 373 g/mol. The molecule has 1 heterocycles. The molecule has 2 aromatic carbocycles. The smallest absolute Gasteiger partial charge is 0.254 e. The van der Waals surface area contributed by atoms with E-state index in [0.717, 1.165) is 17.9 Å². The Labute approximate surface area is 164 Å². The molecule has 0 unspecified atom stereocenters. The van der Waals surface area contributed by atoms with Crippen molar-refractivity contribution in [2.24, 2.45) is 5.92 Å². The molecule has 1 aromatic heterocycles. The number of furan rings is 1. The third-order valence-electron chi connectivity index (χ3n) is 5.34. The van der Waals surface area contributed by atoms with Crippen molar-refractivity contribution < 1.29 is 14.0 Å². The van der Waals surface area contributed by atoms with Crippen LogP contribution in [0.4, 0.5) is 0 Å². The zero-order valence-corrected chi connectivity index (χ0v) is 16.1. The molecule has 0 N–H and O–H groups in total. The van der Waals surface area contributed by atoms with E-state index in [0.29, 0.717) is 35.1 Å². The van der Waals surface area contributed by atoms with Gasteiger partial charge in [0.05, 0.1) is 12.1 Å². The summed E-state index contributed by atoms with van der Waals surface area (Å²) in [5.41, 5.74) is 1.39. The van der Waals surface area contributed by atoms with E-state index >= 15 is 0 Å². The Bertz CT molecular complexity index is 1010. The quantitative estimate of drug-likeness (QED) is 0.577. The second-order valence-corrected chi connectivity index (χ2v) is 7.53. The zero-order chi connectivity index (χ0) is 19.7. The van der Waals surface area contributed by atoms with Crippen LogP contribution in [0, 0.1) is 5.92 Å². The average Bonchev–Trinajstić information content (AvgIpc) is 3.28. The normalized spacial score (nSPS) is 17.9. The molecule has 4 heteroatoms. The van der Waals surface area contributed by atoms with E-state index in [4.69, 9.17) is 4.42 Å². The van der Waals surface area contributed by atoms with Crippen molar-refractivity contribution >= 4 is 11.7 Å². The van der Waals surface area contributed by atoms with Crippen LogP contribution in [-0.2, 0) is 6.54 Å². The Kier molecular flexibility index (Phi) is 4.86. The van der Waals surface area contributed by atoms with Gasteiger partial charge in [-0.2, -0.15) is 0 Å². The predicted molar refractivity (Wildman–Crippen MR) is 107 cm³/mol. The van der Waals surface area contributed by atoms with Gasteiger partial charge in [-0.1, -0.05) is 55.5 Å². The maximum absolute atomic E-state index is 13.0. The van der Waals surface area contributed by atoms with E-state index in [1.807, 2.05) is 30.3 Å². The van der Waals surface area contributed by atoms with E-state index < -0.39 is 0 Å². The van der Waals surface area contributed by atoms with Crippen molar-refractivity contribution in [3.8, 4) is 0 Å². The molecule has 0 spiro atoms. The SMILES string of the molecule is C[C@@H]1C[C@H]1c1ccc(CN(C)C(=O)c2ccccc2C(=O)c2ccccc2)o1. The van der Waals surface area contributed by atoms with Crippen LogP contribution < -0.4 is 0 Å². The number of amides is 1. The summed E-state index contributed by atoms with van der Waals surface area (Å²) in [5, 5.41) is 0. The van der Waals surface area contributed by atoms with E-state index in [1.165, 1.54) is 0 Å². The fourth-order valence-electron chi connectivity index (χ4n) is 3.52. The van der Waals surface area contributed by atoms with Gasteiger partial charge in [0.2, 0.25) is 0 Å². The number of ketones is 1. The minimum atomic E-state index is -0.197. The summed E-state index contributed by atoms with van der Waals surface area (Å²) in [4.78, 5) is 27.5.